The molecule has 1 aliphatic heterocycles. The number of hydrogen-bond donors (Lipinski definition) is 2. The minimum atomic E-state index is -2.90. The summed E-state index contributed by atoms with van der Waals surface area (Å²) in [6.07, 6.45) is 4.18. The maximum atomic E-state index is 11.8. The summed E-state index contributed by atoms with van der Waals surface area (Å²) in [5, 5.41) is 9.75. The van der Waals surface area contributed by atoms with Crippen molar-refractivity contribution in [2.24, 2.45) is 5.92 Å². The summed E-state index contributed by atoms with van der Waals surface area (Å²) < 4.78 is 24.5. The number of hydrogen-bond acceptors (Lipinski definition) is 4. The Morgan fingerprint density at radius 1 is 1.25 bits per heavy atom. The number of nitrogens with zero attached hydrogens (tertiary/aromatic N) is 2. The minimum absolute atomic E-state index is 0.0154. The summed E-state index contributed by atoms with van der Waals surface area (Å²) in [6, 6.07) is 9.41. The van der Waals surface area contributed by atoms with Crippen molar-refractivity contribution in [2.45, 2.75) is 13.0 Å². The zero-order chi connectivity index (χ0) is 17.0. The molecule has 2 heterocycles. The van der Waals surface area contributed by atoms with E-state index < -0.39 is 9.84 Å². The maximum Gasteiger partial charge on any atom is 0.315 e. The molecule has 1 saturated heterocycles. The van der Waals surface area contributed by atoms with Crippen LogP contribution in [0.4, 0.5) is 4.79 Å². The molecule has 24 heavy (non-hydrogen) atoms. The van der Waals surface area contributed by atoms with E-state index >= 15 is 0 Å². The Kier molecular flexibility index (Phi) is 4.84. The number of amides is 2. The average Bonchev–Trinajstić information content (AvgIpc) is 3.18. The SMILES string of the molecule is O=C(NCc1cnn(-c2ccccc2)c1)NC[C@H]1CCS(=O)(=O)C1. The van der Waals surface area contributed by atoms with Gasteiger partial charge in [-0.1, -0.05) is 18.2 Å². The van der Waals surface area contributed by atoms with Crippen LogP contribution in [-0.4, -0.2) is 42.3 Å². The number of rotatable bonds is 5. The topological polar surface area (TPSA) is 93.1 Å². The molecule has 2 N–H and O–H groups in total. The lowest BCUT2D eigenvalue weighted by Crippen LogP contribution is -2.38. The van der Waals surface area contributed by atoms with Gasteiger partial charge in [0.1, 0.15) is 0 Å². The first kappa shape index (κ1) is 16.5. The Hall–Kier alpha value is -2.35. The zero-order valence-corrected chi connectivity index (χ0v) is 14.0. The molecule has 3 rings (SSSR count). The van der Waals surface area contributed by atoms with Gasteiger partial charge < -0.3 is 10.6 Å². The van der Waals surface area contributed by atoms with Gasteiger partial charge in [-0.05, 0) is 24.5 Å². The smallest absolute Gasteiger partial charge is 0.315 e. The summed E-state index contributed by atoms with van der Waals surface area (Å²) >= 11 is 0. The number of carbonyl (C=O) groups excluding carboxylic acids is 1. The van der Waals surface area contributed by atoms with Gasteiger partial charge in [0.2, 0.25) is 0 Å². The predicted octanol–water partition coefficient (Wildman–Crippen LogP) is 1.11. The molecule has 2 amide bonds. The molecule has 0 spiro atoms. The van der Waals surface area contributed by atoms with E-state index in [1.807, 2.05) is 36.5 Å². The van der Waals surface area contributed by atoms with Crippen LogP contribution in [0.1, 0.15) is 12.0 Å². The van der Waals surface area contributed by atoms with Gasteiger partial charge in [-0.15, -0.1) is 0 Å². The summed E-state index contributed by atoms with van der Waals surface area (Å²) in [7, 11) is -2.90. The molecule has 1 fully saturated rings. The lowest BCUT2D eigenvalue weighted by Gasteiger charge is -2.10. The van der Waals surface area contributed by atoms with Crippen molar-refractivity contribution in [1.29, 1.82) is 0 Å². The molecule has 0 unspecified atom stereocenters. The highest BCUT2D eigenvalue weighted by molar-refractivity contribution is 7.91. The van der Waals surface area contributed by atoms with Gasteiger partial charge in [0.05, 0.1) is 23.4 Å². The van der Waals surface area contributed by atoms with Crippen LogP contribution in [0, 0.1) is 5.92 Å². The average molecular weight is 348 g/mol. The van der Waals surface area contributed by atoms with Crippen LogP contribution in [0.15, 0.2) is 42.7 Å². The highest BCUT2D eigenvalue weighted by atomic mass is 32.2. The highest BCUT2D eigenvalue weighted by Gasteiger charge is 2.27. The van der Waals surface area contributed by atoms with Gasteiger partial charge in [-0.2, -0.15) is 5.10 Å². The van der Waals surface area contributed by atoms with Crippen LogP contribution >= 0.6 is 0 Å². The second-order valence-electron chi connectivity index (χ2n) is 5.96. The highest BCUT2D eigenvalue weighted by Crippen LogP contribution is 2.17. The van der Waals surface area contributed by atoms with Crippen molar-refractivity contribution < 1.29 is 13.2 Å². The fourth-order valence-corrected chi connectivity index (χ4v) is 4.55. The monoisotopic (exact) mass is 348 g/mol. The van der Waals surface area contributed by atoms with E-state index in [0.717, 1.165) is 11.3 Å². The molecule has 2 aromatic rings. The van der Waals surface area contributed by atoms with Crippen molar-refractivity contribution in [2.75, 3.05) is 18.1 Å². The Balaban J connectivity index is 1.44. The predicted molar refractivity (Wildman–Crippen MR) is 90.6 cm³/mol. The van der Waals surface area contributed by atoms with Gasteiger partial charge in [0.25, 0.3) is 0 Å². The fraction of sp³-hybridized carbons (Fsp3) is 0.375. The van der Waals surface area contributed by atoms with Crippen molar-refractivity contribution in [1.82, 2.24) is 20.4 Å². The van der Waals surface area contributed by atoms with Crippen molar-refractivity contribution in [3.63, 3.8) is 0 Å². The Morgan fingerprint density at radius 3 is 2.75 bits per heavy atom. The number of urea groups is 1. The summed E-state index contributed by atoms with van der Waals surface area (Å²) in [4.78, 5) is 11.8. The largest absolute Gasteiger partial charge is 0.338 e. The molecule has 7 nitrogen and oxygen atoms in total. The van der Waals surface area contributed by atoms with Gasteiger partial charge in [-0.25, -0.2) is 17.9 Å². The molecule has 0 aliphatic carbocycles. The summed E-state index contributed by atoms with van der Waals surface area (Å²) in [5.41, 5.74) is 1.84. The third kappa shape index (κ3) is 4.35. The lowest BCUT2D eigenvalue weighted by atomic mass is 10.1. The zero-order valence-electron chi connectivity index (χ0n) is 13.2. The molecule has 0 radical (unpaired) electrons. The van der Waals surface area contributed by atoms with Crippen LogP contribution < -0.4 is 10.6 Å². The number of benzene rings is 1. The number of sulfone groups is 1. The Labute approximate surface area is 141 Å². The quantitative estimate of drug-likeness (QED) is 0.846. The molecule has 1 atom stereocenters. The maximum absolute atomic E-state index is 11.8. The van der Waals surface area contributed by atoms with Crippen LogP contribution in [0.3, 0.4) is 0 Å². The van der Waals surface area contributed by atoms with Gasteiger partial charge in [0.15, 0.2) is 9.84 Å². The van der Waals surface area contributed by atoms with Gasteiger partial charge in [-0.3, -0.25) is 0 Å². The van der Waals surface area contributed by atoms with Crippen LogP contribution in [0.5, 0.6) is 0 Å². The van der Waals surface area contributed by atoms with E-state index in [1.165, 1.54) is 0 Å². The van der Waals surface area contributed by atoms with Crippen molar-refractivity contribution in [3.05, 3.63) is 48.3 Å². The molecule has 1 aromatic carbocycles. The van der Waals surface area contributed by atoms with Crippen molar-refractivity contribution >= 4 is 15.9 Å². The second-order valence-corrected chi connectivity index (χ2v) is 8.19. The summed E-state index contributed by atoms with van der Waals surface area (Å²) in [5.74, 6) is 0.401. The van der Waals surface area contributed by atoms with Crippen LogP contribution in [0.2, 0.25) is 0 Å². The number of carbonyl (C=O) groups is 1. The third-order valence-electron chi connectivity index (χ3n) is 3.99. The molecule has 0 bridgehead atoms. The van der Waals surface area contributed by atoms with Crippen molar-refractivity contribution in [3.8, 4) is 5.69 Å². The molecular formula is C16H20N4O3S. The van der Waals surface area contributed by atoms with E-state index in [2.05, 4.69) is 15.7 Å². The fourth-order valence-electron chi connectivity index (χ4n) is 2.69. The number of aromatic nitrogens is 2. The number of para-hydroxylation sites is 1. The molecule has 8 heteroatoms. The standard InChI is InChI=1S/C16H20N4O3S/c21-16(17-8-13-6-7-24(22,23)12-13)18-9-14-10-19-20(11-14)15-4-2-1-3-5-15/h1-5,10-11,13H,6-9,12H2,(H2,17,18,21)/t13-/m1/s1. The summed E-state index contributed by atoms with van der Waals surface area (Å²) in [6.45, 7) is 0.746. The first-order chi connectivity index (χ1) is 11.5. The minimum Gasteiger partial charge on any atom is -0.338 e. The van der Waals surface area contributed by atoms with E-state index in [1.54, 1.807) is 10.9 Å². The van der Waals surface area contributed by atoms with E-state index in [-0.39, 0.29) is 23.5 Å². The van der Waals surface area contributed by atoms with Gasteiger partial charge >= 0.3 is 6.03 Å². The third-order valence-corrected chi connectivity index (χ3v) is 5.82. The van der Waals surface area contributed by atoms with Gasteiger partial charge in [0, 0.05) is 24.8 Å². The molecule has 128 valence electrons. The van der Waals surface area contributed by atoms with E-state index in [9.17, 15) is 13.2 Å². The first-order valence-electron chi connectivity index (χ1n) is 7.83. The second kappa shape index (κ2) is 7.04. The Bertz CT molecular complexity index is 802. The van der Waals surface area contributed by atoms with Crippen LogP contribution in [-0.2, 0) is 16.4 Å². The first-order valence-corrected chi connectivity index (χ1v) is 9.65. The molecule has 0 saturated carbocycles. The Morgan fingerprint density at radius 2 is 2.04 bits per heavy atom. The lowest BCUT2D eigenvalue weighted by molar-refractivity contribution is 0.239. The molecule has 1 aliphatic rings. The molecule has 1 aromatic heterocycles. The normalized spacial score (nSPS) is 19.1. The van der Waals surface area contributed by atoms with E-state index in [4.69, 9.17) is 0 Å². The van der Waals surface area contributed by atoms with Crippen LogP contribution in [0.25, 0.3) is 5.69 Å². The molecular weight excluding hydrogens is 328 g/mol. The number of nitrogens with one attached hydrogen (secondary N) is 2. The van der Waals surface area contributed by atoms with E-state index in [0.29, 0.717) is 19.5 Å².